The molecular weight excluding hydrogens is 214 g/mol. The Morgan fingerprint density at radius 2 is 2.24 bits per heavy atom. The molecule has 0 unspecified atom stereocenters. The quantitative estimate of drug-likeness (QED) is 0.821. The minimum atomic E-state index is 0.578. The Hall–Kier alpha value is -2.48. The fourth-order valence-corrected chi connectivity index (χ4v) is 1.56. The SMILES string of the molecule is Cc1ccc(C#N)cc1Nc1nn(C)cc1N. The van der Waals surface area contributed by atoms with Crippen LogP contribution < -0.4 is 11.1 Å². The van der Waals surface area contributed by atoms with E-state index in [4.69, 9.17) is 11.0 Å². The number of nitrogen functional groups attached to an aromatic ring is 1. The Labute approximate surface area is 99.5 Å². The van der Waals surface area contributed by atoms with E-state index in [2.05, 4.69) is 16.5 Å². The number of nitrogens with two attached hydrogens (primary N) is 1. The molecule has 1 aromatic heterocycles. The number of benzene rings is 1. The molecule has 3 N–H and O–H groups in total. The van der Waals surface area contributed by atoms with Crippen LogP contribution >= 0.6 is 0 Å². The van der Waals surface area contributed by atoms with E-state index in [-0.39, 0.29) is 0 Å². The molecule has 0 aliphatic carbocycles. The Balaban J connectivity index is 2.36. The fourth-order valence-electron chi connectivity index (χ4n) is 1.56. The highest BCUT2D eigenvalue weighted by Gasteiger charge is 2.06. The summed E-state index contributed by atoms with van der Waals surface area (Å²) in [4.78, 5) is 0. The van der Waals surface area contributed by atoms with Gasteiger partial charge in [-0.1, -0.05) is 6.07 Å². The third kappa shape index (κ3) is 2.21. The van der Waals surface area contributed by atoms with E-state index in [0.29, 0.717) is 17.1 Å². The van der Waals surface area contributed by atoms with Crippen molar-refractivity contribution in [1.82, 2.24) is 9.78 Å². The maximum absolute atomic E-state index is 8.86. The molecule has 0 atom stereocenters. The minimum absolute atomic E-state index is 0.578. The van der Waals surface area contributed by atoms with E-state index in [1.165, 1.54) is 0 Å². The number of aromatic nitrogens is 2. The van der Waals surface area contributed by atoms with Gasteiger partial charge >= 0.3 is 0 Å². The van der Waals surface area contributed by atoms with Gasteiger partial charge in [-0.15, -0.1) is 0 Å². The summed E-state index contributed by atoms with van der Waals surface area (Å²) in [5.41, 5.74) is 8.86. The number of nitrogens with one attached hydrogen (secondary N) is 1. The minimum Gasteiger partial charge on any atom is -0.394 e. The van der Waals surface area contributed by atoms with Crippen molar-refractivity contribution < 1.29 is 0 Å². The van der Waals surface area contributed by atoms with Gasteiger partial charge in [-0.25, -0.2) is 0 Å². The number of rotatable bonds is 2. The van der Waals surface area contributed by atoms with Gasteiger partial charge in [0.25, 0.3) is 0 Å². The van der Waals surface area contributed by atoms with Crippen LogP contribution in [0, 0.1) is 18.3 Å². The molecule has 86 valence electrons. The number of nitriles is 1. The van der Waals surface area contributed by atoms with Crippen LogP contribution in [0.5, 0.6) is 0 Å². The summed E-state index contributed by atoms with van der Waals surface area (Å²) in [5, 5.41) is 16.2. The van der Waals surface area contributed by atoms with Crippen molar-refractivity contribution in [2.75, 3.05) is 11.1 Å². The molecule has 0 fully saturated rings. The summed E-state index contributed by atoms with van der Waals surface area (Å²) < 4.78 is 1.64. The van der Waals surface area contributed by atoms with E-state index in [1.54, 1.807) is 30.1 Å². The molecule has 0 bridgehead atoms. The van der Waals surface area contributed by atoms with Gasteiger partial charge in [0.15, 0.2) is 5.82 Å². The van der Waals surface area contributed by atoms with Crippen molar-refractivity contribution in [3.8, 4) is 6.07 Å². The van der Waals surface area contributed by atoms with E-state index in [1.807, 2.05) is 13.0 Å². The van der Waals surface area contributed by atoms with Crippen molar-refractivity contribution in [3.63, 3.8) is 0 Å². The predicted molar refractivity (Wildman–Crippen MR) is 66.8 cm³/mol. The van der Waals surface area contributed by atoms with Gasteiger partial charge in [0.05, 0.1) is 17.3 Å². The number of nitrogens with zero attached hydrogens (tertiary/aromatic N) is 3. The van der Waals surface area contributed by atoms with Crippen LogP contribution in [0.2, 0.25) is 0 Å². The molecule has 5 nitrogen and oxygen atoms in total. The molecule has 0 amide bonds. The molecule has 1 heterocycles. The standard InChI is InChI=1S/C12H13N5/c1-8-3-4-9(6-13)5-11(8)15-12-10(14)7-17(2)16-12/h3-5,7H,14H2,1-2H3,(H,15,16). The summed E-state index contributed by atoms with van der Waals surface area (Å²) in [5.74, 6) is 0.602. The van der Waals surface area contributed by atoms with Crippen molar-refractivity contribution in [1.29, 1.82) is 5.26 Å². The highest BCUT2D eigenvalue weighted by Crippen LogP contribution is 2.24. The van der Waals surface area contributed by atoms with Gasteiger partial charge < -0.3 is 11.1 Å². The Kier molecular flexibility index (Phi) is 2.71. The lowest BCUT2D eigenvalue weighted by Crippen LogP contribution is -1.98. The van der Waals surface area contributed by atoms with Gasteiger partial charge in [-0.3, -0.25) is 4.68 Å². The lowest BCUT2D eigenvalue weighted by Gasteiger charge is -2.07. The topological polar surface area (TPSA) is 79.7 Å². The van der Waals surface area contributed by atoms with Crippen molar-refractivity contribution in [2.45, 2.75) is 6.92 Å². The first-order valence-corrected chi connectivity index (χ1v) is 5.17. The lowest BCUT2D eigenvalue weighted by molar-refractivity contribution is 0.771. The Bertz CT molecular complexity index is 591. The number of aryl methyl sites for hydroxylation is 2. The first kappa shape index (κ1) is 11.0. The molecule has 0 saturated carbocycles. The maximum atomic E-state index is 8.86. The zero-order chi connectivity index (χ0) is 12.4. The highest BCUT2D eigenvalue weighted by atomic mass is 15.3. The number of anilines is 3. The zero-order valence-electron chi connectivity index (χ0n) is 9.73. The third-order valence-electron chi connectivity index (χ3n) is 2.48. The van der Waals surface area contributed by atoms with Crippen molar-refractivity contribution in [2.24, 2.45) is 7.05 Å². The van der Waals surface area contributed by atoms with Gasteiger partial charge in [0.1, 0.15) is 0 Å². The molecule has 0 spiro atoms. The van der Waals surface area contributed by atoms with Crippen LogP contribution in [-0.4, -0.2) is 9.78 Å². The average molecular weight is 227 g/mol. The molecule has 0 aliphatic heterocycles. The molecule has 1 aromatic carbocycles. The molecule has 2 rings (SSSR count). The maximum Gasteiger partial charge on any atom is 0.175 e. The monoisotopic (exact) mass is 227 g/mol. The lowest BCUT2D eigenvalue weighted by atomic mass is 10.1. The number of hydrogen-bond acceptors (Lipinski definition) is 4. The first-order chi connectivity index (χ1) is 8.10. The second-order valence-electron chi connectivity index (χ2n) is 3.87. The summed E-state index contributed by atoms with van der Waals surface area (Å²) in [6.07, 6.45) is 1.73. The van der Waals surface area contributed by atoms with Crippen LogP contribution in [0.4, 0.5) is 17.2 Å². The van der Waals surface area contributed by atoms with Crippen molar-refractivity contribution >= 4 is 17.2 Å². The van der Waals surface area contributed by atoms with Gasteiger partial charge in [-0.05, 0) is 24.6 Å². The smallest absolute Gasteiger partial charge is 0.175 e. The fraction of sp³-hybridized carbons (Fsp3) is 0.167. The highest BCUT2D eigenvalue weighted by molar-refractivity contribution is 5.70. The first-order valence-electron chi connectivity index (χ1n) is 5.17. The molecule has 0 saturated heterocycles. The van der Waals surface area contributed by atoms with E-state index in [0.717, 1.165) is 11.3 Å². The Morgan fingerprint density at radius 3 is 2.82 bits per heavy atom. The second-order valence-corrected chi connectivity index (χ2v) is 3.87. The Morgan fingerprint density at radius 1 is 1.47 bits per heavy atom. The van der Waals surface area contributed by atoms with Crippen LogP contribution in [0.15, 0.2) is 24.4 Å². The third-order valence-corrected chi connectivity index (χ3v) is 2.48. The van der Waals surface area contributed by atoms with Crippen LogP contribution in [0.1, 0.15) is 11.1 Å². The van der Waals surface area contributed by atoms with Crippen LogP contribution in [0.3, 0.4) is 0 Å². The van der Waals surface area contributed by atoms with E-state index in [9.17, 15) is 0 Å². The second kappa shape index (κ2) is 4.18. The summed E-state index contributed by atoms with van der Waals surface area (Å²) in [6, 6.07) is 7.55. The van der Waals surface area contributed by atoms with Crippen molar-refractivity contribution in [3.05, 3.63) is 35.5 Å². The molecule has 0 aliphatic rings. The van der Waals surface area contributed by atoms with Crippen LogP contribution in [0.25, 0.3) is 0 Å². The average Bonchev–Trinajstić information content (AvgIpc) is 2.60. The molecule has 0 radical (unpaired) electrons. The van der Waals surface area contributed by atoms with Crippen LogP contribution in [-0.2, 0) is 7.05 Å². The summed E-state index contributed by atoms with van der Waals surface area (Å²) in [7, 11) is 1.81. The molecule has 2 aromatic rings. The normalized spacial score (nSPS) is 9.94. The van der Waals surface area contributed by atoms with E-state index >= 15 is 0 Å². The zero-order valence-corrected chi connectivity index (χ0v) is 9.73. The van der Waals surface area contributed by atoms with Gasteiger partial charge in [-0.2, -0.15) is 10.4 Å². The predicted octanol–water partition coefficient (Wildman–Crippen LogP) is 1.93. The molecule has 17 heavy (non-hydrogen) atoms. The van der Waals surface area contributed by atoms with E-state index < -0.39 is 0 Å². The number of hydrogen-bond donors (Lipinski definition) is 2. The summed E-state index contributed by atoms with van der Waals surface area (Å²) >= 11 is 0. The molecule has 5 heteroatoms. The molecular formula is C12H13N5. The van der Waals surface area contributed by atoms with Gasteiger partial charge in [0, 0.05) is 18.9 Å². The van der Waals surface area contributed by atoms with Gasteiger partial charge in [0.2, 0.25) is 0 Å². The summed E-state index contributed by atoms with van der Waals surface area (Å²) in [6.45, 7) is 1.96. The largest absolute Gasteiger partial charge is 0.394 e.